The van der Waals surface area contributed by atoms with Crippen LogP contribution in [-0.2, 0) is 26.0 Å². The van der Waals surface area contributed by atoms with Crippen LogP contribution >= 0.6 is 35.6 Å². The Morgan fingerprint density at radius 1 is 1.15 bits per heavy atom. The van der Waals surface area contributed by atoms with Gasteiger partial charge < -0.3 is 14.2 Å². The van der Waals surface area contributed by atoms with Gasteiger partial charge in [0.2, 0.25) is 5.91 Å². The highest BCUT2D eigenvalue weighted by Gasteiger charge is 2.37. The lowest BCUT2D eigenvalue weighted by atomic mass is 10.1. The van der Waals surface area contributed by atoms with Crippen LogP contribution in [0.25, 0.3) is 6.08 Å². The molecule has 0 aliphatic carbocycles. The minimum absolute atomic E-state index is 0.0247. The molecule has 1 unspecified atom stereocenters. The number of anilines is 1. The number of furan rings is 1. The number of rotatable bonds is 8. The molecule has 0 N–H and O–H groups in total. The first-order valence-corrected chi connectivity index (χ1v) is 16.5. The molecule has 3 aliphatic heterocycles. The molecule has 0 bridgehead atoms. The smallest absolute Gasteiger partial charge is 0.266 e. The van der Waals surface area contributed by atoms with Gasteiger partial charge in [0.15, 0.2) is 15.7 Å². The van der Waals surface area contributed by atoms with Gasteiger partial charge in [0.05, 0.1) is 23.0 Å². The van der Waals surface area contributed by atoms with Gasteiger partial charge in [-0.25, -0.2) is 8.42 Å². The third-order valence-electron chi connectivity index (χ3n) is 7.20. The minimum atomic E-state index is -3.20. The van der Waals surface area contributed by atoms with Crippen LogP contribution in [0.4, 0.5) is 5.88 Å². The number of carbonyl (C=O) groups is 2. The molecule has 3 aliphatic rings. The van der Waals surface area contributed by atoms with Crippen molar-refractivity contribution in [2.75, 3.05) is 36.0 Å². The normalized spacial score (nSPS) is 22.2. The molecule has 8 nitrogen and oxygen atoms in total. The molecule has 2 aromatic rings. The predicted molar refractivity (Wildman–Crippen MR) is 158 cm³/mol. The zero-order chi connectivity index (χ0) is 27.6. The van der Waals surface area contributed by atoms with E-state index < -0.39 is 15.9 Å². The molecule has 0 radical (unpaired) electrons. The Kier molecular flexibility index (Phi) is 8.70. The largest absolute Gasteiger partial charge is 0.444 e. The number of piperidine rings is 1. The predicted octanol–water partition coefficient (Wildman–Crippen LogP) is 4.73. The fourth-order valence-corrected chi connectivity index (χ4v) is 8.27. The zero-order valence-electron chi connectivity index (χ0n) is 21.4. The first kappa shape index (κ1) is 28.2. The van der Waals surface area contributed by atoms with E-state index in [9.17, 15) is 18.0 Å². The molecule has 39 heavy (non-hydrogen) atoms. The third kappa shape index (κ3) is 6.87. The number of nitrogens with zero attached hydrogens (tertiary/aromatic N) is 3. The molecule has 1 atom stereocenters. The number of hydrogen-bond donors (Lipinski definition) is 0. The summed E-state index contributed by atoms with van der Waals surface area (Å²) in [5.41, 5.74) is 0.826. The standard InChI is InChI=1S/C27H30ClN3O5S3/c28-20-6-4-19(5-7-20)16-23-26(33)30(27(37)38-23)14-10-24(32)31(21-11-15-39(34,35)18-21)17-22-8-9-25(36-22)29-12-2-1-3-13-29/h4-9,16,21H,1-3,10-15,17-18H2/b23-16-. The maximum absolute atomic E-state index is 13.5. The molecule has 1 aromatic carbocycles. The molecule has 1 aromatic heterocycles. The summed E-state index contributed by atoms with van der Waals surface area (Å²) in [7, 11) is -3.20. The lowest BCUT2D eigenvalue weighted by Crippen LogP contribution is -2.42. The van der Waals surface area contributed by atoms with E-state index in [1.165, 1.54) is 23.1 Å². The summed E-state index contributed by atoms with van der Waals surface area (Å²) >= 11 is 12.6. The molecule has 5 rings (SSSR count). The van der Waals surface area contributed by atoms with Crippen LogP contribution in [0.3, 0.4) is 0 Å². The average Bonchev–Trinajstić information content (AvgIpc) is 3.60. The number of thiocarbonyl (C=S) groups is 1. The van der Waals surface area contributed by atoms with Crippen LogP contribution in [0.2, 0.25) is 5.02 Å². The lowest BCUT2D eigenvalue weighted by molar-refractivity contribution is -0.134. The first-order valence-electron chi connectivity index (χ1n) is 13.0. The van der Waals surface area contributed by atoms with Gasteiger partial charge in [0, 0.05) is 43.2 Å². The van der Waals surface area contributed by atoms with Crippen molar-refractivity contribution in [2.45, 2.75) is 44.7 Å². The summed E-state index contributed by atoms with van der Waals surface area (Å²) in [6, 6.07) is 10.5. The maximum atomic E-state index is 13.5. The Morgan fingerprint density at radius 3 is 2.59 bits per heavy atom. The Hall–Kier alpha value is -2.34. The van der Waals surface area contributed by atoms with Gasteiger partial charge in [-0.1, -0.05) is 47.7 Å². The van der Waals surface area contributed by atoms with Gasteiger partial charge in [0.1, 0.15) is 10.1 Å². The molecule has 208 valence electrons. The summed E-state index contributed by atoms with van der Waals surface area (Å²) in [5, 5.41) is 0.607. The van der Waals surface area contributed by atoms with Crippen LogP contribution in [0.1, 0.15) is 43.4 Å². The Balaban J connectivity index is 1.26. The van der Waals surface area contributed by atoms with Crippen molar-refractivity contribution in [3.05, 3.63) is 57.6 Å². The molecule has 12 heteroatoms. The topological polar surface area (TPSA) is 91.1 Å². The van der Waals surface area contributed by atoms with Crippen LogP contribution in [-0.4, -0.2) is 71.5 Å². The summed E-state index contributed by atoms with van der Waals surface area (Å²) < 4.78 is 30.9. The lowest BCUT2D eigenvalue weighted by Gasteiger charge is -2.29. The second-order valence-corrected chi connectivity index (χ2v) is 14.3. The highest BCUT2D eigenvalue weighted by atomic mass is 35.5. The maximum Gasteiger partial charge on any atom is 0.266 e. The van der Waals surface area contributed by atoms with Crippen molar-refractivity contribution in [3.63, 3.8) is 0 Å². The Morgan fingerprint density at radius 2 is 1.90 bits per heavy atom. The van der Waals surface area contributed by atoms with Gasteiger partial charge >= 0.3 is 0 Å². The van der Waals surface area contributed by atoms with Crippen LogP contribution in [0, 0.1) is 0 Å². The third-order valence-corrected chi connectivity index (χ3v) is 10.6. The van der Waals surface area contributed by atoms with E-state index in [0.29, 0.717) is 26.4 Å². The fourth-order valence-electron chi connectivity index (χ4n) is 5.10. The second-order valence-electron chi connectivity index (χ2n) is 10.0. The Bertz CT molecular complexity index is 1380. The van der Waals surface area contributed by atoms with E-state index in [1.54, 1.807) is 23.1 Å². The number of amides is 2. The number of hydrogen-bond acceptors (Lipinski definition) is 8. The van der Waals surface area contributed by atoms with Crippen LogP contribution in [0.15, 0.2) is 45.7 Å². The van der Waals surface area contributed by atoms with Crippen LogP contribution in [0.5, 0.6) is 0 Å². The van der Waals surface area contributed by atoms with Crippen molar-refractivity contribution in [2.24, 2.45) is 0 Å². The summed E-state index contributed by atoms with van der Waals surface area (Å²) in [6.45, 7) is 2.18. The quantitative estimate of drug-likeness (QED) is 0.314. The number of benzene rings is 1. The number of sulfone groups is 1. The highest BCUT2D eigenvalue weighted by molar-refractivity contribution is 8.26. The van der Waals surface area contributed by atoms with E-state index in [0.717, 1.165) is 37.4 Å². The first-order chi connectivity index (χ1) is 18.7. The van der Waals surface area contributed by atoms with E-state index >= 15 is 0 Å². The molecule has 3 saturated heterocycles. The molecule has 4 heterocycles. The Labute approximate surface area is 243 Å². The zero-order valence-corrected chi connectivity index (χ0v) is 24.6. The van der Waals surface area contributed by atoms with E-state index in [4.69, 9.17) is 28.2 Å². The number of carbonyl (C=O) groups excluding carboxylic acids is 2. The molecule has 0 spiro atoms. The van der Waals surface area contributed by atoms with Crippen LogP contribution < -0.4 is 4.90 Å². The van der Waals surface area contributed by atoms with Crippen molar-refractivity contribution in [1.29, 1.82) is 0 Å². The van der Waals surface area contributed by atoms with Gasteiger partial charge in [-0.15, -0.1) is 0 Å². The monoisotopic (exact) mass is 607 g/mol. The van der Waals surface area contributed by atoms with Crippen molar-refractivity contribution >= 4 is 73.5 Å². The average molecular weight is 608 g/mol. The van der Waals surface area contributed by atoms with Gasteiger partial charge in [-0.2, -0.15) is 0 Å². The van der Waals surface area contributed by atoms with Crippen molar-refractivity contribution in [1.82, 2.24) is 9.80 Å². The number of halogens is 1. The number of thioether (sulfide) groups is 1. The molecular formula is C27H30ClN3O5S3. The van der Waals surface area contributed by atoms with Gasteiger partial charge in [0.25, 0.3) is 5.91 Å². The van der Waals surface area contributed by atoms with Crippen molar-refractivity contribution < 1.29 is 22.4 Å². The summed E-state index contributed by atoms with van der Waals surface area (Å²) in [4.78, 5) is 32.3. The van der Waals surface area contributed by atoms with Crippen molar-refractivity contribution in [3.8, 4) is 0 Å². The second kappa shape index (κ2) is 12.0. The van der Waals surface area contributed by atoms with Gasteiger partial charge in [-0.3, -0.25) is 14.5 Å². The molecule has 0 saturated carbocycles. The van der Waals surface area contributed by atoms with Gasteiger partial charge in [-0.05, 0) is 55.5 Å². The fraction of sp³-hybridized carbons (Fsp3) is 0.444. The van der Waals surface area contributed by atoms with E-state index in [2.05, 4.69) is 4.90 Å². The molecular weight excluding hydrogens is 578 g/mol. The highest BCUT2D eigenvalue weighted by Crippen LogP contribution is 2.33. The minimum Gasteiger partial charge on any atom is -0.444 e. The molecule has 3 fully saturated rings. The van der Waals surface area contributed by atoms with E-state index in [-0.39, 0.29) is 42.8 Å². The van der Waals surface area contributed by atoms with E-state index in [1.807, 2.05) is 24.3 Å². The summed E-state index contributed by atoms with van der Waals surface area (Å²) in [6.07, 6.45) is 5.61. The SMILES string of the molecule is O=C1/C(=C/c2ccc(Cl)cc2)SC(=S)N1CCC(=O)N(Cc1ccc(N2CCCCC2)o1)C1CCS(=O)(=O)C1. The molecule has 2 amide bonds. The summed E-state index contributed by atoms with van der Waals surface area (Å²) in [5.74, 6) is 0.904.